The van der Waals surface area contributed by atoms with Crippen LogP contribution in [0, 0.1) is 0 Å². The highest BCUT2D eigenvalue weighted by molar-refractivity contribution is 5.93. The molecule has 1 aliphatic carbocycles. The van der Waals surface area contributed by atoms with Crippen LogP contribution in [0.25, 0.3) is 22.2 Å². The van der Waals surface area contributed by atoms with Gasteiger partial charge in [0.05, 0.1) is 19.4 Å². The number of pyridine rings is 1. The van der Waals surface area contributed by atoms with E-state index >= 15 is 0 Å². The Hall–Kier alpha value is -2.18. The predicted octanol–water partition coefficient (Wildman–Crippen LogP) is 3.71. The van der Waals surface area contributed by atoms with Crippen LogP contribution in [-0.4, -0.2) is 56.5 Å². The third-order valence-corrected chi connectivity index (χ3v) is 6.62. The van der Waals surface area contributed by atoms with Gasteiger partial charge in [0.25, 0.3) is 0 Å². The molecule has 4 heterocycles. The Kier molecular flexibility index (Phi) is 4.69. The lowest BCUT2D eigenvalue weighted by molar-refractivity contribution is -0.0301. The van der Waals surface area contributed by atoms with E-state index in [4.69, 9.17) is 9.72 Å². The molecule has 1 aliphatic heterocycles. The standard InChI is InChI=1S/C22H29N5O/c1-15-14-28-8-7-27(15)19-5-3-16(4-6-19)17-9-20-21(12-24-22(20)23-10-17)18-11-25-26(2)13-18/h9-13,15-16,19H,3-8,14H2,1-2H3,(H,23,24)/t15-,16?,19?/m0/s1. The van der Waals surface area contributed by atoms with Gasteiger partial charge in [-0.2, -0.15) is 5.10 Å². The van der Waals surface area contributed by atoms with Crippen molar-refractivity contribution in [2.45, 2.75) is 50.6 Å². The van der Waals surface area contributed by atoms with Gasteiger partial charge in [0.1, 0.15) is 5.65 Å². The zero-order chi connectivity index (χ0) is 19.1. The molecule has 0 unspecified atom stereocenters. The minimum Gasteiger partial charge on any atom is -0.379 e. The summed E-state index contributed by atoms with van der Waals surface area (Å²) in [5.74, 6) is 0.612. The number of H-pyrrole nitrogens is 1. The van der Waals surface area contributed by atoms with Gasteiger partial charge in [-0.1, -0.05) is 0 Å². The van der Waals surface area contributed by atoms with Gasteiger partial charge in [-0.25, -0.2) is 4.98 Å². The molecule has 0 aromatic carbocycles. The van der Waals surface area contributed by atoms with Crippen molar-refractivity contribution < 1.29 is 4.74 Å². The second-order valence-electron chi connectivity index (χ2n) is 8.44. The Balaban J connectivity index is 1.34. The minimum absolute atomic E-state index is 0.551. The zero-order valence-corrected chi connectivity index (χ0v) is 16.8. The Bertz CT molecular complexity index is 953. The van der Waals surface area contributed by atoms with Crippen molar-refractivity contribution in [3.63, 3.8) is 0 Å². The maximum atomic E-state index is 5.62. The van der Waals surface area contributed by atoms with Crippen molar-refractivity contribution >= 4 is 11.0 Å². The molecule has 148 valence electrons. The van der Waals surface area contributed by atoms with Crippen LogP contribution in [-0.2, 0) is 11.8 Å². The summed E-state index contributed by atoms with van der Waals surface area (Å²) < 4.78 is 7.46. The summed E-state index contributed by atoms with van der Waals surface area (Å²) in [6.07, 6.45) is 13.1. The van der Waals surface area contributed by atoms with Gasteiger partial charge in [0, 0.05) is 60.8 Å². The van der Waals surface area contributed by atoms with E-state index in [2.05, 4.69) is 46.6 Å². The molecule has 0 radical (unpaired) electrons. The summed E-state index contributed by atoms with van der Waals surface area (Å²) >= 11 is 0. The SMILES string of the molecule is C[C@H]1COCCN1C1CCC(c2cnc3[nH]cc(-c4cnn(C)c4)c3c2)CC1. The van der Waals surface area contributed by atoms with Crippen molar-refractivity contribution in [2.75, 3.05) is 19.8 Å². The summed E-state index contributed by atoms with van der Waals surface area (Å²) in [6.45, 7) is 5.15. The van der Waals surface area contributed by atoms with Crippen molar-refractivity contribution in [3.8, 4) is 11.1 Å². The second kappa shape index (κ2) is 7.33. The Morgan fingerprint density at radius 2 is 2.04 bits per heavy atom. The van der Waals surface area contributed by atoms with Crippen molar-refractivity contribution in [1.82, 2.24) is 24.6 Å². The van der Waals surface area contributed by atoms with E-state index in [1.54, 1.807) is 0 Å². The second-order valence-corrected chi connectivity index (χ2v) is 8.44. The fraction of sp³-hybridized carbons (Fsp3) is 0.545. The quantitative estimate of drug-likeness (QED) is 0.754. The van der Waals surface area contributed by atoms with Crippen molar-refractivity contribution in [3.05, 3.63) is 36.4 Å². The molecule has 2 aliphatic rings. The van der Waals surface area contributed by atoms with E-state index in [1.807, 2.05) is 17.9 Å². The van der Waals surface area contributed by atoms with Gasteiger partial charge in [-0.05, 0) is 50.2 Å². The highest BCUT2D eigenvalue weighted by atomic mass is 16.5. The number of rotatable bonds is 3. The minimum atomic E-state index is 0.551. The predicted molar refractivity (Wildman–Crippen MR) is 110 cm³/mol. The molecule has 1 saturated heterocycles. The van der Waals surface area contributed by atoms with Crippen LogP contribution < -0.4 is 0 Å². The molecule has 0 spiro atoms. The third-order valence-electron chi connectivity index (χ3n) is 6.62. The number of aromatic nitrogens is 4. The summed E-state index contributed by atoms with van der Waals surface area (Å²) in [7, 11) is 1.95. The summed E-state index contributed by atoms with van der Waals surface area (Å²) in [6, 6.07) is 3.61. The van der Waals surface area contributed by atoms with Crippen LogP contribution in [0.2, 0.25) is 0 Å². The lowest BCUT2D eigenvalue weighted by Crippen LogP contribution is -2.50. The molecule has 3 aromatic rings. The van der Waals surface area contributed by atoms with E-state index in [-0.39, 0.29) is 0 Å². The van der Waals surface area contributed by atoms with Crippen LogP contribution in [0.15, 0.2) is 30.9 Å². The maximum absolute atomic E-state index is 5.62. The number of nitrogens with one attached hydrogen (secondary N) is 1. The van der Waals surface area contributed by atoms with Crippen LogP contribution in [0.5, 0.6) is 0 Å². The molecule has 28 heavy (non-hydrogen) atoms. The molecule has 6 heteroatoms. The number of morpholine rings is 1. The molecule has 1 saturated carbocycles. The van der Waals surface area contributed by atoms with Crippen LogP contribution in [0.4, 0.5) is 0 Å². The van der Waals surface area contributed by atoms with Gasteiger partial charge < -0.3 is 9.72 Å². The molecule has 1 N–H and O–H groups in total. The molecular formula is C22H29N5O. The average Bonchev–Trinajstić information content (AvgIpc) is 3.34. The first-order valence-electron chi connectivity index (χ1n) is 10.5. The van der Waals surface area contributed by atoms with Gasteiger partial charge in [-0.15, -0.1) is 0 Å². The lowest BCUT2D eigenvalue weighted by Gasteiger charge is -2.42. The third kappa shape index (κ3) is 3.25. The van der Waals surface area contributed by atoms with Crippen molar-refractivity contribution in [2.24, 2.45) is 7.05 Å². The number of hydrogen-bond acceptors (Lipinski definition) is 4. The highest BCUT2D eigenvalue weighted by Gasteiger charge is 2.31. The van der Waals surface area contributed by atoms with Crippen LogP contribution in [0.1, 0.15) is 44.1 Å². The molecule has 6 nitrogen and oxygen atoms in total. The molecule has 0 bridgehead atoms. The van der Waals surface area contributed by atoms with Crippen molar-refractivity contribution in [1.29, 1.82) is 0 Å². The number of aryl methyl sites for hydroxylation is 1. The molecule has 1 atom stereocenters. The molecule has 3 aromatic heterocycles. The molecule has 5 rings (SSSR count). The summed E-state index contributed by atoms with van der Waals surface area (Å²) in [5, 5.41) is 5.52. The van der Waals surface area contributed by atoms with E-state index in [0.29, 0.717) is 18.0 Å². The normalized spacial score (nSPS) is 26.7. The Morgan fingerprint density at radius 3 is 2.79 bits per heavy atom. The summed E-state index contributed by atoms with van der Waals surface area (Å²) in [4.78, 5) is 10.7. The van der Waals surface area contributed by atoms with E-state index < -0.39 is 0 Å². The largest absolute Gasteiger partial charge is 0.379 e. The summed E-state index contributed by atoms with van der Waals surface area (Å²) in [5.41, 5.74) is 4.66. The Labute approximate surface area is 165 Å². The van der Waals surface area contributed by atoms with E-state index in [0.717, 1.165) is 31.0 Å². The lowest BCUT2D eigenvalue weighted by atomic mass is 9.81. The first-order valence-corrected chi connectivity index (χ1v) is 10.5. The van der Waals surface area contributed by atoms with E-state index in [1.165, 1.54) is 42.2 Å². The monoisotopic (exact) mass is 379 g/mol. The number of fused-ring (bicyclic) bond motifs is 1. The molecular weight excluding hydrogens is 350 g/mol. The van der Waals surface area contributed by atoms with Gasteiger partial charge in [0.2, 0.25) is 0 Å². The number of hydrogen-bond donors (Lipinski definition) is 1. The first-order chi connectivity index (χ1) is 13.7. The highest BCUT2D eigenvalue weighted by Crippen LogP contribution is 2.37. The zero-order valence-electron chi connectivity index (χ0n) is 16.8. The smallest absolute Gasteiger partial charge is 0.137 e. The van der Waals surface area contributed by atoms with Gasteiger partial charge >= 0.3 is 0 Å². The number of nitrogens with zero attached hydrogens (tertiary/aromatic N) is 4. The number of ether oxygens (including phenoxy) is 1. The average molecular weight is 380 g/mol. The Morgan fingerprint density at radius 1 is 1.18 bits per heavy atom. The topological polar surface area (TPSA) is 59.0 Å². The van der Waals surface area contributed by atoms with Crippen LogP contribution in [0.3, 0.4) is 0 Å². The molecule has 2 fully saturated rings. The first kappa shape index (κ1) is 17.9. The fourth-order valence-electron chi connectivity index (χ4n) is 5.07. The van der Waals surface area contributed by atoms with Gasteiger partial charge in [-0.3, -0.25) is 9.58 Å². The molecule has 0 amide bonds. The fourth-order valence-corrected chi connectivity index (χ4v) is 5.07. The van der Waals surface area contributed by atoms with E-state index in [9.17, 15) is 0 Å². The van der Waals surface area contributed by atoms with Gasteiger partial charge in [0.15, 0.2) is 0 Å². The van der Waals surface area contributed by atoms with Crippen LogP contribution >= 0.6 is 0 Å². The maximum Gasteiger partial charge on any atom is 0.137 e. The number of aromatic amines is 1.